The monoisotopic (exact) mass is 768 g/mol. The molecule has 0 bridgehead atoms. The first-order chi connectivity index (χ1) is 26.9. The van der Waals surface area contributed by atoms with Crippen molar-refractivity contribution >= 4 is 24.0 Å². The van der Waals surface area contributed by atoms with Crippen LogP contribution >= 0.6 is 0 Å². The molecule has 5 N–H and O–H groups in total. The summed E-state index contributed by atoms with van der Waals surface area (Å²) in [6, 6.07) is 13.9. The zero-order valence-electron chi connectivity index (χ0n) is 31.9. The van der Waals surface area contributed by atoms with Gasteiger partial charge in [-0.2, -0.15) is 0 Å². The fraction of sp³-hybridized carbons (Fsp3) is 0.450. The van der Waals surface area contributed by atoms with E-state index in [4.69, 9.17) is 14.2 Å². The molecule has 3 aliphatic heterocycles. The van der Waals surface area contributed by atoms with Gasteiger partial charge in [-0.3, -0.25) is 9.59 Å². The Bertz CT molecular complexity index is 2040. The molecule has 4 atom stereocenters. The number of benzene rings is 2. The summed E-state index contributed by atoms with van der Waals surface area (Å²) >= 11 is 0. The highest BCUT2D eigenvalue weighted by Gasteiger charge is 2.51. The molecule has 3 aliphatic rings. The third kappa shape index (κ3) is 7.97. The Balaban J connectivity index is 1.02. The lowest BCUT2D eigenvalue weighted by molar-refractivity contribution is -0.257. The Labute approximate surface area is 324 Å². The number of methoxy groups -OCH3 is 1. The fourth-order valence-corrected chi connectivity index (χ4v) is 7.82. The van der Waals surface area contributed by atoms with Crippen molar-refractivity contribution in [3.05, 3.63) is 72.6 Å². The Kier molecular flexibility index (Phi) is 11.1. The average Bonchev–Trinajstić information content (AvgIpc) is 4.03. The highest BCUT2D eigenvalue weighted by Crippen LogP contribution is 2.42. The summed E-state index contributed by atoms with van der Waals surface area (Å²) in [5.74, 6) is -0.342. The van der Waals surface area contributed by atoms with Gasteiger partial charge in [0, 0.05) is 13.0 Å². The average molecular weight is 769 g/mol. The minimum atomic E-state index is -1.27. The van der Waals surface area contributed by atoms with E-state index in [1.807, 2.05) is 62.4 Å². The van der Waals surface area contributed by atoms with Crippen molar-refractivity contribution in [1.82, 2.24) is 40.4 Å². The number of carbonyl (C=O) groups is 4. The van der Waals surface area contributed by atoms with E-state index in [1.54, 1.807) is 22.2 Å². The van der Waals surface area contributed by atoms with E-state index in [2.05, 4.69) is 30.6 Å². The van der Waals surface area contributed by atoms with Crippen LogP contribution in [0, 0.1) is 5.92 Å². The summed E-state index contributed by atoms with van der Waals surface area (Å²) in [6.07, 6.45) is 4.35. The van der Waals surface area contributed by atoms with Gasteiger partial charge in [0.05, 0.1) is 62.7 Å². The predicted octanol–water partition coefficient (Wildman–Crippen LogP) is 5.24. The second kappa shape index (κ2) is 16.2. The zero-order valence-corrected chi connectivity index (χ0v) is 31.9. The molecule has 0 unspecified atom stereocenters. The van der Waals surface area contributed by atoms with Crippen LogP contribution in [0.5, 0.6) is 0 Å². The standard InChI is InChI=1S/C40H48N8O8/c1-23(2)33(46-39(53)54-4)37(50)47-16-5-7-31(47)34-41-20-29(44-34)27-12-8-25(9-13-27)26-10-14-28(15-11-26)30-21-42-35(45-30)32-19-40(55-17-6-18-56-40)22-48(32)36(49)24(3)43-38(51)52/h8-15,20-21,23-24,31-33,43H,5-7,16-19,22H2,1-4H3,(H,41,44)(H,42,45)(H,46,53)(H,51,52)/t24-,31-,32-,33-/m0/s1. The molecule has 3 saturated heterocycles. The molecule has 1 spiro atoms. The van der Waals surface area contributed by atoms with Crippen molar-refractivity contribution in [1.29, 1.82) is 0 Å². The van der Waals surface area contributed by atoms with E-state index in [0.29, 0.717) is 37.8 Å². The molecular weight excluding hydrogens is 720 g/mol. The molecule has 4 aromatic rings. The number of carboxylic acid groups (broad SMARTS) is 1. The largest absolute Gasteiger partial charge is 0.465 e. The van der Waals surface area contributed by atoms with Gasteiger partial charge >= 0.3 is 12.2 Å². The van der Waals surface area contributed by atoms with Crippen molar-refractivity contribution in [2.75, 3.05) is 33.4 Å². The van der Waals surface area contributed by atoms with Crippen LogP contribution < -0.4 is 10.6 Å². The summed E-state index contributed by atoms with van der Waals surface area (Å²) in [5.41, 5.74) is 5.52. The van der Waals surface area contributed by atoms with Gasteiger partial charge in [0.1, 0.15) is 23.7 Å². The molecule has 5 heterocycles. The number of nitrogens with one attached hydrogen (secondary N) is 4. The highest BCUT2D eigenvalue weighted by atomic mass is 16.7. The number of ether oxygens (including phenoxy) is 3. The number of carbonyl (C=O) groups excluding carboxylic acids is 3. The molecule has 0 saturated carbocycles. The van der Waals surface area contributed by atoms with E-state index in [9.17, 15) is 24.3 Å². The predicted molar refractivity (Wildman–Crippen MR) is 204 cm³/mol. The smallest absolute Gasteiger partial charge is 0.407 e. The summed E-state index contributed by atoms with van der Waals surface area (Å²) in [5, 5.41) is 14.2. The van der Waals surface area contributed by atoms with Crippen LogP contribution in [0.3, 0.4) is 0 Å². The molecule has 56 heavy (non-hydrogen) atoms. The third-order valence-corrected chi connectivity index (χ3v) is 10.8. The number of rotatable bonds is 10. The van der Waals surface area contributed by atoms with Crippen LogP contribution in [0.25, 0.3) is 33.6 Å². The van der Waals surface area contributed by atoms with Crippen LogP contribution in [0.2, 0.25) is 0 Å². The van der Waals surface area contributed by atoms with Crippen molar-refractivity contribution in [3.63, 3.8) is 0 Å². The molecule has 0 aliphatic carbocycles. The summed E-state index contributed by atoms with van der Waals surface area (Å²) in [4.78, 5) is 69.7. The number of hydrogen-bond donors (Lipinski definition) is 5. The second-order valence-corrected chi connectivity index (χ2v) is 14.9. The molecule has 2 aromatic heterocycles. The normalized spacial score (nSPS) is 20.2. The molecular formula is C40H48N8O8. The van der Waals surface area contributed by atoms with Gasteiger partial charge in [0.2, 0.25) is 11.8 Å². The molecule has 2 aromatic carbocycles. The first-order valence-electron chi connectivity index (χ1n) is 19.0. The molecule has 0 radical (unpaired) electrons. The van der Waals surface area contributed by atoms with E-state index >= 15 is 0 Å². The van der Waals surface area contributed by atoms with E-state index in [0.717, 1.165) is 52.9 Å². The quantitative estimate of drug-likeness (QED) is 0.142. The topological polar surface area (TPSA) is 204 Å². The molecule has 3 fully saturated rings. The lowest BCUT2D eigenvalue weighted by Crippen LogP contribution is -2.51. The zero-order chi connectivity index (χ0) is 39.6. The number of aromatic nitrogens is 4. The van der Waals surface area contributed by atoms with Gasteiger partial charge in [-0.15, -0.1) is 0 Å². The van der Waals surface area contributed by atoms with E-state index in [1.165, 1.54) is 14.0 Å². The maximum absolute atomic E-state index is 13.5. The van der Waals surface area contributed by atoms with Gasteiger partial charge in [-0.05, 0) is 54.4 Å². The maximum Gasteiger partial charge on any atom is 0.407 e. The van der Waals surface area contributed by atoms with Crippen LogP contribution in [0.4, 0.5) is 9.59 Å². The van der Waals surface area contributed by atoms with Crippen molar-refractivity contribution in [3.8, 4) is 33.6 Å². The third-order valence-electron chi connectivity index (χ3n) is 10.8. The number of nitrogens with zero attached hydrogens (tertiary/aromatic N) is 4. The van der Waals surface area contributed by atoms with Crippen LogP contribution in [0.1, 0.15) is 70.2 Å². The van der Waals surface area contributed by atoms with Gasteiger partial charge < -0.3 is 49.7 Å². The van der Waals surface area contributed by atoms with Crippen molar-refractivity contribution in [2.24, 2.45) is 5.92 Å². The van der Waals surface area contributed by atoms with Gasteiger partial charge in [0.25, 0.3) is 0 Å². The first-order valence-corrected chi connectivity index (χ1v) is 19.0. The van der Waals surface area contributed by atoms with Crippen LogP contribution in [0.15, 0.2) is 60.9 Å². The number of amides is 4. The number of likely N-dealkylation sites (tertiary alicyclic amines) is 2. The summed E-state index contributed by atoms with van der Waals surface area (Å²) in [6.45, 7) is 7.09. The van der Waals surface area contributed by atoms with Crippen LogP contribution in [-0.2, 0) is 23.8 Å². The highest BCUT2D eigenvalue weighted by molar-refractivity contribution is 5.87. The number of imidazole rings is 2. The second-order valence-electron chi connectivity index (χ2n) is 14.9. The van der Waals surface area contributed by atoms with E-state index in [-0.39, 0.29) is 30.3 Å². The first kappa shape index (κ1) is 38.5. The molecule has 7 rings (SSSR count). The molecule has 16 heteroatoms. The number of aromatic amines is 2. The number of H-pyrrole nitrogens is 2. The lowest BCUT2D eigenvalue weighted by Gasteiger charge is -2.33. The Morgan fingerprint density at radius 2 is 1.36 bits per heavy atom. The van der Waals surface area contributed by atoms with Crippen molar-refractivity contribution in [2.45, 2.75) is 76.4 Å². The number of hydrogen-bond acceptors (Lipinski definition) is 9. The van der Waals surface area contributed by atoms with Crippen LogP contribution in [-0.4, -0.2) is 110 Å². The minimum absolute atomic E-state index is 0.114. The lowest BCUT2D eigenvalue weighted by atomic mass is 10.0. The van der Waals surface area contributed by atoms with Gasteiger partial charge in [-0.1, -0.05) is 62.4 Å². The molecule has 4 amide bonds. The SMILES string of the molecule is COC(=O)N[C@H](C(=O)N1CCC[C@H]1c1ncc(-c2ccc(-c3ccc(-c4cnc([C@@H]5CC6(CN5C(=O)[C@H](C)NC(=O)O)OCCCO6)[nH]4)cc3)cc2)[nH]1)C(C)C. The number of alkyl carbamates (subject to hydrolysis) is 1. The van der Waals surface area contributed by atoms with Crippen molar-refractivity contribution < 1.29 is 38.5 Å². The molecule has 296 valence electrons. The minimum Gasteiger partial charge on any atom is -0.465 e. The Morgan fingerprint density at radius 3 is 1.89 bits per heavy atom. The molecule has 16 nitrogen and oxygen atoms in total. The van der Waals surface area contributed by atoms with E-state index < -0.39 is 36.1 Å². The fourth-order valence-electron chi connectivity index (χ4n) is 7.82. The Morgan fingerprint density at radius 1 is 0.804 bits per heavy atom. The summed E-state index contributed by atoms with van der Waals surface area (Å²) < 4.78 is 16.8. The Hall–Kier alpha value is -5.74. The van der Waals surface area contributed by atoms with Gasteiger partial charge in [0.15, 0.2) is 5.79 Å². The maximum atomic E-state index is 13.5. The summed E-state index contributed by atoms with van der Waals surface area (Å²) in [7, 11) is 1.28. The van der Waals surface area contributed by atoms with Gasteiger partial charge in [-0.25, -0.2) is 19.6 Å².